The lowest BCUT2D eigenvalue weighted by molar-refractivity contribution is 0.324. The van der Waals surface area contributed by atoms with Crippen LogP contribution in [0.5, 0.6) is 17.2 Å². The number of ether oxygens (including phenoxy) is 3. The van der Waals surface area contributed by atoms with E-state index < -0.39 is 0 Å². The van der Waals surface area contributed by atoms with E-state index in [4.69, 9.17) is 19.2 Å². The van der Waals surface area contributed by atoms with Gasteiger partial charge in [0.15, 0.2) is 29.1 Å². The Labute approximate surface area is 205 Å². The third kappa shape index (κ3) is 6.27. The van der Waals surface area contributed by atoms with Crippen LogP contribution in [0, 0.1) is 5.82 Å². The Morgan fingerprint density at radius 1 is 1.22 bits per heavy atom. The minimum Gasteiger partial charge on any atom is -0.493 e. The number of pyridine rings is 1. The summed E-state index contributed by atoms with van der Waals surface area (Å²) in [7, 11) is 4.76. The topological polar surface area (TPSA) is 80.2 Å². The lowest BCUT2D eigenvalue weighted by Gasteiger charge is -2.20. The van der Waals surface area contributed by atoms with Crippen LogP contribution in [0.4, 0.5) is 10.2 Å². The number of anilines is 1. The van der Waals surface area contributed by atoms with E-state index in [1.165, 1.54) is 6.07 Å². The Balaban J connectivity index is 0.00000363. The van der Waals surface area contributed by atoms with Crippen molar-refractivity contribution in [2.45, 2.75) is 25.9 Å². The zero-order valence-electron chi connectivity index (χ0n) is 18.9. The number of aliphatic imine (C=N–C) groups is 1. The summed E-state index contributed by atoms with van der Waals surface area (Å²) >= 11 is 0. The van der Waals surface area contributed by atoms with Gasteiger partial charge < -0.3 is 29.7 Å². The van der Waals surface area contributed by atoms with Gasteiger partial charge in [-0.2, -0.15) is 0 Å². The van der Waals surface area contributed by atoms with Gasteiger partial charge in [0.25, 0.3) is 0 Å². The van der Waals surface area contributed by atoms with Crippen LogP contribution in [0.2, 0.25) is 0 Å². The molecule has 1 aromatic heterocycles. The van der Waals surface area contributed by atoms with Gasteiger partial charge in [-0.1, -0.05) is 0 Å². The number of hydrogen-bond acceptors (Lipinski definition) is 6. The lowest BCUT2D eigenvalue weighted by Crippen LogP contribution is -2.44. The SMILES string of the molecule is CCNC(=NCc1cc(OC)c(OC)c(OC)c1)NC1CCN(c2ncccc2F)C1.I. The van der Waals surface area contributed by atoms with Gasteiger partial charge in [-0.3, -0.25) is 0 Å². The van der Waals surface area contributed by atoms with Crippen LogP contribution in [-0.4, -0.2) is 57.9 Å². The Kier molecular flexibility index (Phi) is 10.1. The summed E-state index contributed by atoms with van der Waals surface area (Å²) in [5.74, 6) is 2.53. The predicted molar refractivity (Wildman–Crippen MR) is 134 cm³/mol. The molecule has 8 nitrogen and oxygen atoms in total. The average molecular weight is 559 g/mol. The molecule has 3 rings (SSSR count). The van der Waals surface area contributed by atoms with Gasteiger partial charge in [0, 0.05) is 31.9 Å². The molecule has 0 aliphatic carbocycles. The highest BCUT2D eigenvalue weighted by Gasteiger charge is 2.26. The highest BCUT2D eigenvalue weighted by molar-refractivity contribution is 14.0. The fourth-order valence-electron chi connectivity index (χ4n) is 3.59. The Hall–Kier alpha value is -2.50. The number of aromatic nitrogens is 1. The molecule has 176 valence electrons. The first-order valence-corrected chi connectivity index (χ1v) is 10.3. The van der Waals surface area contributed by atoms with E-state index in [0.29, 0.717) is 42.1 Å². The minimum absolute atomic E-state index is 0. The zero-order chi connectivity index (χ0) is 22.2. The van der Waals surface area contributed by atoms with Crippen LogP contribution in [0.25, 0.3) is 0 Å². The second kappa shape index (κ2) is 12.5. The van der Waals surface area contributed by atoms with Crippen molar-refractivity contribution < 1.29 is 18.6 Å². The molecule has 0 spiro atoms. The number of nitrogens with zero attached hydrogens (tertiary/aromatic N) is 3. The second-order valence-electron chi connectivity index (χ2n) is 7.11. The third-order valence-corrected chi connectivity index (χ3v) is 5.06. The van der Waals surface area contributed by atoms with Crippen LogP contribution in [-0.2, 0) is 6.54 Å². The van der Waals surface area contributed by atoms with Gasteiger partial charge in [0.1, 0.15) is 0 Å². The Morgan fingerprint density at radius 3 is 2.53 bits per heavy atom. The Morgan fingerprint density at radius 2 is 1.94 bits per heavy atom. The lowest BCUT2D eigenvalue weighted by atomic mass is 10.2. The standard InChI is InChI=1S/C22H30FN5O3.HI/c1-5-24-22(26-13-15-11-18(29-2)20(31-4)19(12-15)30-3)27-16-8-10-28(14-16)21-17(23)7-6-9-25-21;/h6-7,9,11-12,16H,5,8,10,13-14H2,1-4H3,(H2,24,26,27);1H. The first-order chi connectivity index (χ1) is 15.1. The molecule has 2 N–H and O–H groups in total. The smallest absolute Gasteiger partial charge is 0.203 e. The molecule has 2 heterocycles. The van der Waals surface area contributed by atoms with Crippen molar-refractivity contribution in [1.29, 1.82) is 0 Å². The van der Waals surface area contributed by atoms with Crippen molar-refractivity contribution >= 4 is 35.8 Å². The number of guanidine groups is 1. The van der Waals surface area contributed by atoms with Crippen molar-refractivity contribution in [2.24, 2.45) is 4.99 Å². The van der Waals surface area contributed by atoms with Gasteiger partial charge in [0.2, 0.25) is 5.75 Å². The van der Waals surface area contributed by atoms with Crippen molar-refractivity contribution in [1.82, 2.24) is 15.6 Å². The molecule has 0 radical (unpaired) electrons. The Bertz CT molecular complexity index is 890. The minimum atomic E-state index is -0.300. The number of rotatable bonds is 8. The molecule has 32 heavy (non-hydrogen) atoms. The van der Waals surface area contributed by atoms with Crippen molar-refractivity contribution in [3.63, 3.8) is 0 Å². The highest BCUT2D eigenvalue weighted by atomic mass is 127. The molecule has 1 fully saturated rings. The number of methoxy groups -OCH3 is 3. The molecular weight excluding hydrogens is 528 g/mol. The van der Waals surface area contributed by atoms with E-state index in [-0.39, 0.29) is 35.8 Å². The summed E-state index contributed by atoms with van der Waals surface area (Å²) < 4.78 is 30.3. The van der Waals surface area contributed by atoms with Crippen LogP contribution >= 0.6 is 24.0 Å². The van der Waals surface area contributed by atoms with E-state index in [9.17, 15) is 4.39 Å². The van der Waals surface area contributed by atoms with Gasteiger partial charge >= 0.3 is 0 Å². The van der Waals surface area contributed by atoms with E-state index in [0.717, 1.165) is 25.1 Å². The number of nitrogens with one attached hydrogen (secondary N) is 2. The number of halogens is 2. The van der Waals surface area contributed by atoms with Crippen LogP contribution in [0.15, 0.2) is 35.5 Å². The summed E-state index contributed by atoms with van der Waals surface area (Å²) in [4.78, 5) is 10.8. The normalized spacial score (nSPS) is 15.7. The zero-order valence-corrected chi connectivity index (χ0v) is 21.2. The maximum absolute atomic E-state index is 14.0. The van der Waals surface area contributed by atoms with E-state index in [2.05, 4.69) is 15.6 Å². The monoisotopic (exact) mass is 559 g/mol. The summed E-state index contributed by atoms with van der Waals surface area (Å²) in [6, 6.07) is 6.94. The third-order valence-electron chi connectivity index (χ3n) is 5.06. The molecule has 10 heteroatoms. The largest absolute Gasteiger partial charge is 0.493 e. The molecule has 0 amide bonds. The molecule has 0 bridgehead atoms. The first-order valence-electron chi connectivity index (χ1n) is 10.3. The van der Waals surface area contributed by atoms with Crippen LogP contribution in [0.1, 0.15) is 18.9 Å². The average Bonchev–Trinajstić information content (AvgIpc) is 3.25. The molecule has 1 atom stereocenters. The molecule has 1 unspecified atom stereocenters. The fourth-order valence-corrected chi connectivity index (χ4v) is 3.59. The van der Waals surface area contributed by atoms with Crippen molar-refractivity contribution in [2.75, 3.05) is 45.9 Å². The van der Waals surface area contributed by atoms with Crippen molar-refractivity contribution in [3.8, 4) is 17.2 Å². The molecule has 2 aromatic rings. The van der Waals surface area contributed by atoms with Crippen LogP contribution in [0.3, 0.4) is 0 Å². The van der Waals surface area contributed by atoms with Gasteiger partial charge in [-0.15, -0.1) is 24.0 Å². The molecule has 1 aromatic carbocycles. The first kappa shape index (κ1) is 25.8. The van der Waals surface area contributed by atoms with E-state index in [1.54, 1.807) is 33.6 Å². The predicted octanol–water partition coefficient (Wildman–Crippen LogP) is 3.20. The summed E-state index contributed by atoms with van der Waals surface area (Å²) in [6.07, 6.45) is 2.48. The fraction of sp³-hybridized carbons (Fsp3) is 0.455. The van der Waals surface area contributed by atoms with Crippen molar-refractivity contribution in [3.05, 3.63) is 41.8 Å². The molecule has 1 aliphatic rings. The molecule has 1 aliphatic heterocycles. The van der Waals surface area contributed by atoms with E-state index in [1.807, 2.05) is 24.0 Å². The summed E-state index contributed by atoms with van der Waals surface area (Å²) in [5.41, 5.74) is 0.926. The maximum atomic E-state index is 14.0. The summed E-state index contributed by atoms with van der Waals surface area (Å²) in [5, 5.41) is 6.71. The second-order valence-corrected chi connectivity index (χ2v) is 7.11. The maximum Gasteiger partial charge on any atom is 0.203 e. The van der Waals surface area contributed by atoms with Gasteiger partial charge in [-0.05, 0) is 43.2 Å². The van der Waals surface area contributed by atoms with Gasteiger partial charge in [-0.25, -0.2) is 14.4 Å². The highest BCUT2D eigenvalue weighted by Crippen LogP contribution is 2.38. The van der Waals surface area contributed by atoms with Gasteiger partial charge in [0.05, 0.1) is 27.9 Å². The molecule has 0 saturated carbocycles. The quantitative estimate of drug-likeness (QED) is 0.292. The van der Waals surface area contributed by atoms with Crippen LogP contribution < -0.4 is 29.7 Å². The number of benzene rings is 1. The molecular formula is C22H31FIN5O3. The molecule has 1 saturated heterocycles. The van der Waals surface area contributed by atoms with E-state index >= 15 is 0 Å². The summed E-state index contributed by atoms with van der Waals surface area (Å²) in [6.45, 7) is 4.56. The number of hydrogen-bond donors (Lipinski definition) is 2.